The van der Waals surface area contributed by atoms with Crippen LogP contribution in [0.15, 0.2) is 18.2 Å². The maximum Gasteiger partial charge on any atom is 0.309 e. The Hall–Kier alpha value is -1.13. The third-order valence-electron chi connectivity index (χ3n) is 3.60. The molecule has 0 bridgehead atoms. The van der Waals surface area contributed by atoms with Gasteiger partial charge in [0.25, 0.3) is 0 Å². The van der Waals surface area contributed by atoms with Crippen LogP contribution in [0.5, 0.6) is 0 Å². The first-order valence-electron chi connectivity index (χ1n) is 6.93. The molecule has 20 heavy (non-hydrogen) atoms. The first kappa shape index (κ1) is 15.3. The van der Waals surface area contributed by atoms with Crippen molar-refractivity contribution in [2.75, 3.05) is 19.7 Å². The lowest BCUT2D eigenvalue weighted by Gasteiger charge is -2.30. The van der Waals surface area contributed by atoms with Crippen molar-refractivity contribution in [1.82, 2.24) is 4.90 Å². The number of ether oxygens (including phenoxy) is 1. The van der Waals surface area contributed by atoms with E-state index in [0.717, 1.165) is 38.0 Å². The van der Waals surface area contributed by atoms with Crippen molar-refractivity contribution in [2.24, 2.45) is 5.92 Å². The molecule has 0 spiro atoms. The molecule has 0 unspecified atom stereocenters. The highest BCUT2D eigenvalue weighted by molar-refractivity contribution is 6.30. The number of esters is 1. The van der Waals surface area contributed by atoms with Gasteiger partial charge in [-0.1, -0.05) is 17.7 Å². The Labute approximate surface area is 123 Å². The van der Waals surface area contributed by atoms with E-state index < -0.39 is 5.82 Å². The lowest BCUT2D eigenvalue weighted by Crippen LogP contribution is -2.36. The van der Waals surface area contributed by atoms with Gasteiger partial charge in [0, 0.05) is 6.54 Å². The van der Waals surface area contributed by atoms with Crippen molar-refractivity contribution in [3.8, 4) is 0 Å². The van der Waals surface area contributed by atoms with Crippen LogP contribution >= 0.6 is 11.6 Å². The van der Waals surface area contributed by atoms with Crippen LogP contribution in [0.25, 0.3) is 0 Å². The summed E-state index contributed by atoms with van der Waals surface area (Å²) in [5, 5.41) is 0.156. The third kappa shape index (κ3) is 3.93. The van der Waals surface area contributed by atoms with E-state index in [9.17, 15) is 9.18 Å². The molecule has 1 aliphatic rings. The van der Waals surface area contributed by atoms with Gasteiger partial charge in [-0.05, 0) is 50.6 Å². The second-order valence-corrected chi connectivity index (χ2v) is 5.46. The SMILES string of the molecule is CCOC(=O)C1CCN(Cc2ccc(F)c(Cl)c2)CC1. The largest absolute Gasteiger partial charge is 0.466 e. The van der Waals surface area contributed by atoms with Gasteiger partial charge in [-0.15, -0.1) is 0 Å². The second-order valence-electron chi connectivity index (χ2n) is 5.05. The number of hydrogen-bond acceptors (Lipinski definition) is 3. The van der Waals surface area contributed by atoms with Crippen molar-refractivity contribution in [3.63, 3.8) is 0 Å². The van der Waals surface area contributed by atoms with Gasteiger partial charge in [-0.3, -0.25) is 9.69 Å². The molecule has 1 aromatic rings. The van der Waals surface area contributed by atoms with E-state index in [4.69, 9.17) is 16.3 Å². The number of halogens is 2. The van der Waals surface area contributed by atoms with E-state index in [2.05, 4.69) is 4.90 Å². The molecule has 1 heterocycles. The van der Waals surface area contributed by atoms with Gasteiger partial charge in [0.15, 0.2) is 0 Å². The summed E-state index contributed by atoms with van der Waals surface area (Å²) < 4.78 is 18.1. The molecule has 1 saturated heterocycles. The molecule has 2 rings (SSSR count). The van der Waals surface area contributed by atoms with Crippen LogP contribution in [0, 0.1) is 11.7 Å². The van der Waals surface area contributed by atoms with Crippen molar-refractivity contribution < 1.29 is 13.9 Å². The van der Waals surface area contributed by atoms with Crippen LogP contribution in [-0.2, 0) is 16.1 Å². The van der Waals surface area contributed by atoms with E-state index in [0.29, 0.717) is 6.61 Å². The lowest BCUT2D eigenvalue weighted by molar-refractivity contribution is -0.149. The number of nitrogens with zero attached hydrogens (tertiary/aromatic N) is 1. The Morgan fingerprint density at radius 3 is 2.75 bits per heavy atom. The lowest BCUT2D eigenvalue weighted by atomic mass is 9.96. The summed E-state index contributed by atoms with van der Waals surface area (Å²) in [7, 11) is 0. The molecule has 5 heteroatoms. The van der Waals surface area contributed by atoms with Gasteiger partial charge in [0.1, 0.15) is 5.82 Å². The van der Waals surface area contributed by atoms with E-state index in [1.54, 1.807) is 12.1 Å². The molecule has 110 valence electrons. The second kappa shape index (κ2) is 7.04. The maximum atomic E-state index is 13.1. The van der Waals surface area contributed by atoms with Crippen molar-refractivity contribution in [1.29, 1.82) is 0 Å². The number of carbonyl (C=O) groups is 1. The summed E-state index contributed by atoms with van der Waals surface area (Å²) in [5.41, 5.74) is 0.992. The predicted octanol–water partition coefficient (Wildman–Crippen LogP) is 3.25. The van der Waals surface area contributed by atoms with E-state index in [-0.39, 0.29) is 16.9 Å². The topological polar surface area (TPSA) is 29.5 Å². The molecule has 0 N–H and O–H groups in total. The average Bonchev–Trinajstić information content (AvgIpc) is 2.44. The zero-order valence-corrected chi connectivity index (χ0v) is 12.3. The van der Waals surface area contributed by atoms with Crippen molar-refractivity contribution in [2.45, 2.75) is 26.3 Å². The fourth-order valence-corrected chi connectivity index (χ4v) is 2.69. The molecule has 1 aliphatic heterocycles. The average molecular weight is 300 g/mol. The molecule has 0 radical (unpaired) electrons. The number of rotatable bonds is 4. The highest BCUT2D eigenvalue weighted by Gasteiger charge is 2.25. The van der Waals surface area contributed by atoms with Gasteiger partial charge >= 0.3 is 5.97 Å². The molecule has 0 atom stereocenters. The number of piperidine rings is 1. The summed E-state index contributed by atoms with van der Waals surface area (Å²) >= 11 is 5.78. The molecule has 0 aliphatic carbocycles. The number of benzene rings is 1. The highest BCUT2D eigenvalue weighted by Crippen LogP contribution is 2.22. The summed E-state index contributed by atoms with van der Waals surface area (Å²) in [6.07, 6.45) is 1.63. The Morgan fingerprint density at radius 2 is 2.15 bits per heavy atom. The van der Waals surface area contributed by atoms with Crippen LogP contribution < -0.4 is 0 Å². The Morgan fingerprint density at radius 1 is 1.45 bits per heavy atom. The molecule has 1 fully saturated rings. The molecule has 0 amide bonds. The zero-order chi connectivity index (χ0) is 14.5. The summed E-state index contributed by atoms with van der Waals surface area (Å²) in [4.78, 5) is 13.9. The smallest absolute Gasteiger partial charge is 0.309 e. The summed E-state index contributed by atoms with van der Waals surface area (Å²) in [6, 6.07) is 4.80. The zero-order valence-electron chi connectivity index (χ0n) is 11.6. The fourth-order valence-electron chi connectivity index (χ4n) is 2.48. The number of carbonyl (C=O) groups excluding carboxylic acids is 1. The van der Waals surface area contributed by atoms with Crippen molar-refractivity contribution >= 4 is 17.6 Å². The van der Waals surface area contributed by atoms with Crippen LogP contribution in [0.4, 0.5) is 4.39 Å². The van der Waals surface area contributed by atoms with Crippen LogP contribution in [0.2, 0.25) is 5.02 Å². The van der Waals surface area contributed by atoms with Gasteiger partial charge in [0.2, 0.25) is 0 Å². The van der Waals surface area contributed by atoms with E-state index in [1.807, 2.05) is 6.92 Å². The van der Waals surface area contributed by atoms with E-state index in [1.165, 1.54) is 6.07 Å². The molecule has 0 saturated carbocycles. The van der Waals surface area contributed by atoms with Crippen molar-refractivity contribution in [3.05, 3.63) is 34.6 Å². The van der Waals surface area contributed by atoms with Gasteiger partial charge in [-0.2, -0.15) is 0 Å². The van der Waals surface area contributed by atoms with E-state index >= 15 is 0 Å². The molecule has 0 aromatic heterocycles. The number of likely N-dealkylation sites (tertiary alicyclic amines) is 1. The predicted molar refractivity (Wildman–Crippen MR) is 76.0 cm³/mol. The number of hydrogen-bond donors (Lipinski definition) is 0. The Balaban J connectivity index is 1.85. The minimum atomic E-state index is -0.392. The first-order valence-corrected chi connectivity index (χ1v) is 7.31. The Bertz CT molecular complexity index is 473. The monoisotopic (exact) mass is 299 g/mol. The van der Waals surface area contributed by atoms with Crippen LogP contribution in [-0.4, -0.2) is 30.6 Å². The summed E-state index contributed by atoms with van der Waals surface area (Å²) in [5.74, 6) is -0.462. The van der Waals surface area contributed by atoms with Gasteiger partial charge in [0.05, 0.1) is 17.5 Å². The third-order valence-corrected chi connectivity index (χ3v) is 3.89. The fraction of sp³-hybridized carbons (Fsp3) is 0.533. The maximum absolute atomic E-state index is 13.1. The minimum Gasteiger partial charge on any atom is -0.466 e. The highest BCUT2D eigenvalue weighted by atomic mass is 35.5. The van der Waals surface area contributed by atoms with Gasteiger partial charge < -0.3 is 4.74 Å². The molecular weight excluding hydrogens is 281 g/mol. The summed E-state index contributed by atoms with van der Waals surface area (Å²) in [6.45, 7) is 4.69. The Kier molecular flexibility index (Phi) is 5.38. The first-order chi connectivity index (χ1) is 9.60. The quantitative estimate of drug-likeness (QED) is 0.799. The minimum absolute atomic E-state index is 0.0167. The molecule has 3 nitrogen and oxygen atoms in total. The van der Waals surface area contributed by atoms with Gasteiger partial charge in [-0.25, -0.2) is 4.39 Å². The standard InChI is InChI=1S/C15H19ClFNO2/c1-2-20-15(19)12-5-7-18(8-6-12)10-11-3-4-14(17)13(16)9-11/h3-4,9,12H,2,5-8,10H2,1H3. The molecular formula is C15H19ClFNO2. The van der Waals surface area contributed by atoms with Crippen LogP contribution in [0.1, 0.15) is 25.3 Å². The normalized spacial score (nSPS) is 17.1. The van der Waals surface area contributed by atoms with Crippen LogP contribution in [0.3, 0.4) is 0 Å². The molecule has 1 aromatic carbocycles.